The normalized spacial score (nSPS) is 21.2. The number of hydrogen-bond acceptors (Lipinski definition) is 3. The van der Waals surface area contributed by atoms with E-state index in [1.54, 1.807) is 0 Å². The molecular formula is C16H26N2O. The van der Waals surface area contributed by atoms with Crippen LogP contribution in [0.1, 0.15) is 34.6 Å². The lowest BCUT2D eigenvalue weighted by Gasteiger charge is -2.51. The van der Waals surface area contributed by atoms with Crippen LogP contribution in [0.3, 0.4) is 0 Å². The number of nitrogens with zero attached hydrogens (tertiary/aromatic N) is 1. The van der Waals surface area contributed by atoms with Gasteiger partial charge in [0.2, 0.25) is 0 Å². The average Bonchev–Trinajstić information content (AvgIpc) is 2.34. The Morgan fingerprint density at radius 1 is 1.16 bits per heavy atom. The molecule has 1 aliphatic rings. The van der Waals surface area contributed by atoms with E-state index in [0.717, 1.165) is 18.8 Å². The molecule has 0 spiro atoms. The minimum Gasteiger partial charge on any atom is -0.494 e. The molecule has 0 amide bonds. The monoisotopic (exact) mass is 262 g/mol. The highest BCUT2D eigenvalue weighted by Crippen LogP contribution is 2.30. The van der Waals surface area contributed by atoms with Gasteiger partial charge < -0.3 is 15.0 Å². The van der Waals surface area contributed by atoms with E-state index in [1.165, 1.54) is 5.69 Å². The highest BCUT2D eigenvalue weighted by atomic mass is 16.5. The molecule has 0 radical (unpaired) electrons. The Hall–Kier alpha value is -1.22. The number of benzene rings is 1. The van der Waals surface area contributed by atoms with Crippen molar-refractivity contribution in [2.45, 2.75) is 45.7 Å². The summed E-state index contributed by atoms with van der Waals surface area (Å²) in [6.07, 6.45) is 0. The van der Waals surface area contributed by atoms with Gasteiger partial charge in [-0.3, -0.25) is 0 Å². The van der Waals surface area contributed by atoms with Gasteiger partial charge in [-0.05, 0) is 58.9 Å². The molecule has 1 fully saturated rings. The second kappa shape index (κ2) is 5.04. The number of rotatable bonds is 3. The van der Waals surface area contributed by atoms with Gasteiger partial charge in [0.05, 0.1) is 6.61 Å². The summed E-state index contributed by atoms with van der Waals surface area (Å²) in [7, 11) is 0. The molecule has 3 heteroatoms. The summed E-state index contributed by atoms with van der Waals surface area (Å²) in [6.45, 7) is 13.8. The van der Waals surface area contributed by atoms with Crippen molar-refractivity contribution in [2.24, 2.45) is 0 Å². The Bertz CT molecular complexity index is 423. The number of ether oxygens (including phenoxy) is 1. The Labute approximate surface area is 116 Å². The Balaban J connectivity index is 2.22. The number of anilines is 1. The van der Waals surface area contributed by atoms with Gasteiger partial charge in [0.25, 0.3) is 0 Å². The van der Waals surface area contributed by atoms with Gasteiger partial charge in [-0.2, -0.15) is 0 Å². The van der Waals surface area contributed by atoms with Gasteiger partial charge in [-0.25, -0.2) is 0 Å². The van der Waals surface area contributed by atoms with Crippen LogP contribution in [-0.4, -0.2) is 30.8 Å². The summed E-state index contributed by atoms with van der Waals surface area (Å²) in [4.78, 5) is 2.49. The lowest BCUT2D eigenvalue weighted by atomic mass is 9.91. The summed E-state index contributed by atoms with van der Waals surface area (Å²) >= 11 is 0. The zero-order valence-electron chi connectivity index (χ0n) is 12.8. The fourth-order valence-electron chi connectivity index (χ4n) is 2.55. The van der Waals surface area contributed by atoms with Gasteiger partial charge in [0, 0.05) is 29.9 Å². The van der Waals surface area contributed by atoms with E-state index in [1.807, 2.05) is 6.92 Å². The van der Waals surface area contributed by atoms with E-state index in [4.69, 9.17) is 4.74 Å². The van der Waals surface area contributed by atoms with E-state index in [9.17, 15) is 0 Å². The zero-order chi connectivity index (χ0) is 14.1. The first-order valence-corrected chi connectivity index (χ1v) is 7.10. The summed E-state index contributed by atoms with van der Waals surface area (Å²) in [5.41, 5.74) is 1.54. The van der Waals surface area contributed by atoms with E-state index < -0.39 is 0 Å². The summed E-state index contributed by atoms with van der Waals surface area (Å²) in [5, 5.41) is 3.61. The number of piperazine rings is 1. The highest BCUT2D eigenvalue weighted by Gasteiger charge is 2.37. The van der Waals surface area contributed by atoms with Crippen molar-refractivity contribution < 1.29 is 4.74 Å². The van der Waals surface area contributed by atoms with Crippen LogP contribution < -0.4 is 15.0 Å². The van der Waals surface area contributed by atoms with Crippen LogP contribution in [-0.2, 0) is 0 Å². The van der Waals surface area contributed by atoms with E-state index >= 15 is 0 Å². The minimum absolute atomic E-state index is 0.128. The zero-order valence-corrected chi connectivity index (χ0v) is 12.8. The smallest absolute Gasteiger partial charge is 0.119 e. The van der Waals surface area contributed by atoms with Gasteiger partial charge >= 0.3 is 0 Å². The standard InChI is InChI=1S/C16H26N2O/c1-6-19-14-9-7-13(8-10-14)18-12-15(2,3)17-11-16(18,4)5/h7-10,17H,6,11-12H2,1-5H3. The Morgan fingerprint density at radius 2 is 1.79 bits per heavy atom. The molecule has 2 rings (SSSR count). The molecule has 0 atom stereocenters. The molecule has 0 saturated carbocycles. The van der Waals surface area contributed by atoms with Gasteiger partial charge in [-0.15, -0.1) is 0 Å². The van der Waals surface area contributed by atoms with E-state index in [2.05, 4.69) is 62.2 Å². The summed E-state index contributed by atoms with van der Waals surface area (Å²) in [5.74, 6) is 0.943. The van der Waals surface area contributed by atoms with Crippen molar-refractivity contribution in [1.82, 2.24) is 5.32 Å². The summed E-state index contributed by atoms with van der Waals surface area (Å²) < 4.78 is 5.51. The van der Waals surface area contributed by atoms with Crippen molar-refractivity contribution in [3.8, 4) is 5.75 Å². The molecule has 19 heavy (non-hydrogen) atoms. The predicted molar refractivity (Wildman–Crippen MR) is 81.1 cm³/mol. The van der Waals surface area contributed by atoms with E-state index in [0.29, 0.717) is 6.61 Å². The molecule has 0 aliphatic carbocycles. The molecule has 1 aliphatic heterocycles. The van der Waals surface area contributed by atoms with Crippen LogP contribution in [0.5, 0.6) is 5.75 Å². The van der Waals surface area contributed by atoms with Crippen molar-refractivity contribution in [1.29, 1.82) is 0 Å². The molecule has 1 heterocycles. The third-order valence-corrected chi connectivity index (χ3v) is 3.74. The highest BCUT2D eigenvalue weighted by molar-refractivity contribution is 5.52. The van der Waals surface area contributed by atoms with Crippen molar-refractivity contribution >= 4 is 5.69 Å². The second-order valence-electron chi connectivity index (χ2n) is 6.56. The molecule has 0 aromatic heterocycles. The Kier molecular flexibility index (Phi) is 3.77. The van der Waals surface area contributed by atoms with E-state index in [-0.39, 0.29) is 11.1 Å². The van der Waals surface area contributed by atoms with Crippen molar-refractivity contribution in [3.05, 3.63) is 24.3 Å². The lowest BCUT2D eigenvalue weighted by Crippen LogP contribution is -2.66. The number of hydrogen-bond donors (Lipinski definition) is 1. The predicted octanol–water partition coefficient (Wildman–Crippen LogP) is 3.05. The summed E-state index contributed by atoms with van der Waals surface area (Å²) in [6, 6.07) is 8.44. The molecule has 0 bridgehead atoms. The minimum atomic E-state index is 0.128. The lowest BCUT2D eigenvalue weighted by molar-refractivity contribution is 0.261. The first-order valence-electron chi connectivity index (χ1n) is 7.10. The van der Waals surface area contributed by atoms with Gasteiger partial charge in [0.15, 0.2) is 0 Å². The largest absolute Gasteiger partial charge is 0.494 e. The maximum absolute atomic E-state index is 5.51. The van der Waals surface area contributed by atoms with Gasteiger partial charge in [-0.1, -0.05) is 0 Å². The molecule has 3 nitrogen and oxygen atoms in total. The molecule has 1 saturated heterocycles. The fraction of sp³-hybridized carbons (Fsp3) is 0.625. The third-order valence-electron chi connectivity index (χ3n) is 3.74. The number of nitrogens with one attached hydrogen (secondary N) is 1. The SMILES string of the molecule is CCOc1ccc(N2CC(C)(C)NCC2(C)C)cc1. The average molecular weight is 262 g/mol. The molecule has 106 valence electrons. The van der Waals surface area contributed by atoms with Crippen LogP contribution in [0.15, 0.2) is 24.3 Å². The van der Waals surface area contributed by atoms with Crippen molar-refractivity contribution in [2.75, 3.05) is 24.6 Å². The quantitative estimate of drug-likeness (QED) is 0.906. The topological polar surface area (TPSA) is 24.5 Å². The van der Waals surface area contributed by atoms with Crippen LogP contribution in [0, 0.1) is 0 Å². The second-order valence-corrected chi connectivity index (χ2v) is 6.56. The van der Waals surface area contributed by atoms with Crippen molar-refractivity contribution in [3.63, 3.8) is 0 Å². The first kappa shape index (κ1) is 14.2. The molecule has 1 N–H and O–H groups in total. The molecule has 0 unspecified atom stereocenters. The molecule has 1 aromatic carbocycles. The van der Waals surface area contributed by atoms with Crippen LogP contribution in [0.2, 0.25) is 0 Å². The third kappa shape index (κ3) is 3.21. The maximum Gasteiger partial charge on any atom is 0.119 e. The molecular weight excluding hydrogens is 236 g/mol. The van der Waals surface area contributed by atoms with Crippen LogP contribution >= 0.6 is 0 Å². The van der Waals surface area contributed by atoms with Gasteiger partial charge in [0.1, 0.15) is 5.75 Å². The maximum atomic E-state index is 5.51. The fourth-order valence-corrected chi connectivity index (χ4v) is 2.55. The first-order chi connectivity index (χ1) is 8.84. The Morgan fingerprint density at radius 3 is 2.37 bits per heavy atom. The van der Waals surface area contributed by atoms with Crippen LogP contribution in [0.4, 0.5) is 5.69 Å². The van der Waals surface area contributed by atoms with Crippen LogP contribution in [0.25, 0.3) is 0 Å². The molecule has 1 aromatic rings.